The first kappa shape index (κ1) is 20.5. The van der Waals surface area contributed by atoms with Gasteiger partial charge in [0.25, 0.3) is 0 Å². The molecule has 0 radical (unpaired) electrons. The zero-order valence-corrected chi connectivity index (χ0v) is 16.1. The van der Waals surface area contributed by atoms with Crippen molar-refractivity contribution < 1.29 is 9.53 Å². The van der Waals surface area contributed by atoms with E-state index in [-0.39, 0.29) is 0 Å². The van der Waals surface area contributed by atoms with Crippen LogP contribution in [-0.4, -0.2) is 24.8 Å². The second kappa shape index (κ2) is 9.67. The number of amides is 1. The quantitative estimate of drug-likeness (QED) is 0.668. The van der Waals surface area contributed by atoms with Crippen LogP contribution in [0.3, 0.4) is 0 Å². The van der Waals surface area contributed by atoms with Gasteiger partial charge in [-0.2, -0.15) is 0 Å². The Morgan fingerprint density at radius 3 is 2.29 bits per heavy atom. The van der Waals surface area contributed by atoms with E-state index in [1.807, 2.05) is 45.0 Å². The molecule has 0 aromatic heterocycles. The van der Waals surface area contributed by atoms with Crippen molar-refractivity contribution in [2.24, 2.45) is 11.8 Å². The van der Waals surface area contributed by atoms with Gasteiger partial charge in [-0.05, 0) is 76.2 Å². The maximum Gasteiger partial charge on any atom is 0.412 e. The largest absolute Gasteiger partial charge is 0.444 e. The van der Waals surface area contributed by atoms with Crippen molar-refractivity contribution in [1.82, 2.24) is 5.32 Å². The molecule has 0 saturated carbocycles. The van der Waals surface area contributed by atoms with Gasteiger partial charge in [0.1, 0.15) is 5.60 Å². The highest BCUT2D eigenvalue weighted by Crippen LogP contribution is 2.13. The van der Waals surface area contributed by atoms with E-state index >= 15 is 0 Å². The lowest BCUT2D eigenvalue weighted by atomic mass is 9.99. The van der Waals surface area contributed by atoms with Crippen molar-refractivity contribution in [3.05, 3.63) is 29.8 Å². The van der Waals surface area contributed by atoms with E-state index < -0.39 is 11.7 Å². The number of nitrogens with one attached hydrogen (secondary N) is 2. The van der Waals surface area contributed by atoms with Crippen molar-refractivity contribution in [3.8, 4) is 0 Å². The van der Waals surface area contributed by atoms with Crippen LogP contribution in [0.25, 0.3) is 0 Å². The van der Waals surface area contributed by atoms with Crippen molar-refractivity contribution in [1.29, 1.82) is 0 Å². The van der Waals surface area contributed by atoms with Gasteiger partial charge in [0.05, 0.1) is 0 Å². The van der Waals surface area contributed by atoms with Gasteiger partial charge >= 0.3 is 6.09 Å². The molecule has 4 nitrogen and oxygen atoms in total. The van der Waals surface area contributed by atoms with Crippen LogP contribution in [-0.2, 0) is 11.2 Å². The van der Waals surface area contributed by atoms with Crippen molar-refractivity contribution >= 4 is 11.8 Å². The van der Waals surface area contributed by atoms with Crippen LogP contribution in [0.1, 0.15) is 53.5 Å². The third-order valence-electron chi connectivity index (χ3n) is 3.56. The summed E-state index contributed by atoms with van der Waals surface area (Å²) in [6, 6.07) is 7.93. The number of rotatable bonds is 8. The number of carbonyl (C=O) groups excluding carboxylic acids is 1. The number of anilines is 1. The summed E-state index contributed by atoms with van der Waals surface area (Å²) in [4.78, 5) is 11.7. The second-order valence-corrected chi connectivity index (χ2v) is 8.01. The Balaban J connectivity index is 2.31. The van der Waals surface area contributed by atoms with Crippen LogP contribution in [0, 0.1) is 11.8 Å². The van der Waals surface area contributed by atoms with E-state index in [0.717, 1.165) is 31.1 Å². The van der Waals surface area contributed by atoms with Gasteiger partial charge in [-0.1, -0.05) is 32.9 Å². The Bertz CT molecular complexity index is 489. The molecule has 1 aromatic carbocycles. The molecule has 1 aromatic rings. The standard InChI is InChI=1S/C20H34N2O2/c1-15(2)13-16(3)14-21-12-11-17-7-9-18(10-8-17)22-19(23)24-20(4,5)6/h7-10,15-16,21H,11-14H2,1-6H3,(H,22,23). The molecular weight excluding hydrogens is 300 g/mol. The molecule has 1 amide bonds. The molecule has 0 heterocycles. The van der Waals surface area contributed by atoms with E-state index in [1.165, 1.54) is 12.0 Å². The Morgan fingerprint density at radius 1 is 1.12 bits per heavy atom. The summed E-state index contributed by atoms with van der Waals surface area (Å²) in [5.41, 5.74) is 1.53. The molecule has 0 saturated heterocycles. The Kier molecular flexibility index (Phi) is 8.26. The Morgan fingerprint density at radius 2 is 1.75 bits per heavy atom. The molecule has 1 unspecified atom stereocenters. The molecule has 0 bridgehead atoms. The smallest absolute Gasteiger partial charge is 0.412 e. The lowest BCUT2D eigenvalue weighted by molar-refractivity contribution is 0.0636. The van der Waals surface area contributed by atoms with Crippen molar-refractivity contribution in [2.45, 2.75) is 60.0 Å². The van der Waals surface area contributed by atoms with Crippen LogP contribution in [0.5, 0.6) is 0 Å². The van der Waals surface area contributed by atoms with Gasteiger partial charge < -0.3 is 10.1 Å². The average molecular weight is 335 g/mol. The van der Waals surface area contributed by atoms with Gasteiger partial charge in [0.15, 0.2) is 0 Å². The van der Waals surface area contributed by atoms with Crippen LogP contribution < -0.4 is 10.6 Å². The number of benzene rings is 1. The number of carbonyl (C=O) groups is 1. The zero-order valence-electron chi connectivity index (χ0n) is 16.1. The number of hydrogen-bond donors (Lipinski definition) is 2. The molecule has 4 heteroatoms. The predicted octanol–water partition coefficient (Wildman–Crippen LogP) is 4.85. The van der Waals surface area contributed by atoms with Gasteiger partial charge in [0, 0.05) is 5.69 Å². The lowest BCUT2D eigenvalue weighted by Gasteiger charge is -2.19. The van der Waals surface area contributed by atoms with Gasteiger partial charge in [-0.25, -0.2) is 4.79 Å². The number of hydrogen-bond acceptors (Lipinski definition) is 3. The highest BCUT2D eigenvalue weighted by Gasteiger charge is 2.16. The molecule has 0 aliphatic carbocycles. The van der Waals surface area contributed by atoms with Crippen LogP contribution >= 0.6 is 0 Å². The fraction of sp³-hybridized carbons (Fsp3) is 0.650. The topological polar surface area (TPSA) is 50.4 Å². The molecule has 0 aliphatic heterocycles. The summed E-state index contributed by atoms with van der Waals surface area (Å²) in [5.74, 6) is 1.47. The van der Waals surface area contributed by atoms with Gasteiger partial charge in [-0.3, -0.25) is 5.32 Å². The minimum Gasteiger partial charge on any atom is -0.444 e. The molecule has 0 aliphatic rings. The highest BCUT2D eigenvalue weighted by molar-refractivity contribution is 5.84. The maximum atomic E-state index is 11.7. The van der Waals surface area contributed by atoms with Crippen molar-refractivity contribution in [3.63, 3.8) is 0 Å². The van der Waals surface area contributed by atoms with E-state index in [4.69, 9.17) is 4.74 Å². The SMILES string of the molecule is CC(C)CC(C)CNCCc1ccc(NC(=O)OC(C)(C)C)cc1. The maximum absolute atomic E-state index is 11.7. The fourth-order valence-corrected chi connectivity index (χ4v) is 2.65. The summed E-state index contributed by atoms with van der Waals surface area (Å²) in [6.07, 6.45) is 1.83. The van der Waals surface area contributed by atoms with Crippen LogP contribution in [0.2, 0.25) is 0 Å². The van der Waals surface area contributed by atoms with Crippen LogP contribution in [0.4, 0.5) is 10.5 Å². The lowest BCUT2D eigenvalue weighted by Crippen LogP contribution is -2.27. The van der Waals surface area contributed by atoms with E-state index in [0.29, 0.717) is 5.92 Å². The predicted molar refractivity (Wildman–Crippen MR) is 101 cm³/mol. The summed E-state index contributed by atoms with van der Waals surface area (Å²) in [6.45, 7) is 14.4. The van der Waals surface area contributed by atoms with E-state index in [2.05, 4.69) is 31.4 Å². The highest BCUT2D eigenvalue weighted by atomic mass is 16.6. The first-order valence-electron chi connectivity index (χ1n) is 8.95. The summed E-state index contributed by atoms with van der Waals surface area (Å²) < 4.78 is 5.24. The first-order chi connectivity index (χ1) is 11.2. The van der Waals surface area contributed by atoms with Crippen molar-refractivity contribution in [2.75, 3.05) is 18.4 Å². The molecule has 2 N–H and O–H groups in total. The molecule has 0 fully saturated rings. The number of ether oxygens (including phenoxy) is 1. The first-order valence-corrected chi connectivity index (χ1v) is 8.95. The fourth-order valence-electron chi connectivity index (χ4n) is 2.65. The minimum atomic E-state index is -0.484. The zero-order chi connectivity index (χ0) is 18.2. The molecular formula is C20H34N2O2. The molecule has 24 heavy (non-hydrogen) atoms. The average Bonchev–Trinajstić information content (AvgIpc) is 2.42. The van der Waals surface area contributed by atoms with E-state index in [9.17, 15) is 4.79 Å². The Hall–Kier alpha value is -1.55. The van der Waals surface area contributed by atoms with Crippen LogP contribution in [0.15, 0.2) is 24.3 Å². The molecule has 1 atom stereocenters. The summed E-state index contributed by atoms with van der Waals surface area (Å²) in [7, 11) is 0. The molecule has 136 valence electrons. The molecule has 0 spiro atoms. The third-order valence-corrected chi connectivity index (χ3v) is 3.56. The summed E-state index contributed by atoms with van der Waals surface area (Å²) in [5, 5.41) is 6.27. The normalized spacial score (nSPS) is 13.0. The summed E-state index contributed by atoms with van der Waals surface area (Å²) >= 11 is 0. The van der Waals surface area contributed by atoms with E-state index in [1.54, 1.807) is 0 Å². The third kappa shape index (κ3) is 9.56. The monoisotopic (exact) mass is 334 g/mol. The minimum absolute atomic E-state index is 0.420. The van der Waals surface area contributed by atoms with Gasteiger partial charge in [-0.15, -0.1) is 0 Å². The molecule has 1 rings (SSSR count). The Labute approximate surface area is 147 Å². The second-order valence-electron chi connectivity index (χ2n) is 8.01. The van der Waals surface area contributed by atoms with Gasteiger partial charge in [0.2, 0.25) is 0 Å².